The maximum absolute atomic E-state index is 14.1. The molecule has 0 radical (unpaired) electrons. The number of thiophene rings is 1. The van der Waals surface area contributed by atoms with E-state index < -0.39 is 0 Å². The number of aromatic nitrogens is 1. The molecule has 0 spiro atoms. The summed E-state index contributed by atoms with van der Waals surface area (Å²) in [6.45, 7) is 2.53. The summed E-state index contributed by atoms with van der Waals surface area (Å²) in [6, 6.07) is 4.86. The third-order valence-corrected chi connectivity index (χ3v) is 5.46. The van der Waals surface area contributed by atoms with E-state index in [0.717, 1.165) is 14.6 Å². The number of thiazole rings is 1. The van der Waals surface area contributed by atoms with Gasteiger partial charge in [0.1, 0.15) is 5.82 Å². The Bertz CT molecular complexity index is 857. The van der Waals surface area contributed by atoms with Crippen molar-refractivity contribution in [2.75, 3.05) is 7.11 Å². The van der Waals surface area contributed by atoms with Crippen molar-refractivity contribution in [3.05, 3.63) is 50.5 Å². The maximum Gasteiger partial charge on any atom is 0.262 e. The zero-order chi connectivity index (χ0) is 16.4. The molecule has 23 heavy (non-hydrogen) atoms. The van der Waals surface area contributed by atoms with Crippen molar-refractivity contribution in [2.24, 2.45) is 0 Å². The van der Waals surface area contributed by atoms with Gasteiger partial charge in [-0.1, -0.05) is 6.07 Å². The minimum absolute atomic E-state index is 0.198. The van der Waals surface area contributed by atoms with Crippen LogP contribution in [0.1, 0.15) is 25.1 Å². The van der Waals surface area contributed by atoms with Crippen molar-refractivity contribution >= 4 is 38.7 Å². The van der Waals surface area contributed by atoms with Crippen LogP contribution in [0.3, 0.4) is 0 Å². The van der Waals surface area contributed by atoms with Crippen molar-refractivity contribution in [2.45, 2.75) is 20.1 Å². The SMILES string of the molecule is COCc1c(C(=O)NCc2cnc(C)s2)sc2cccc(F)c12. The lowest BCUT2D eigenvalue weighted by atomic mass is 10.1. The number of amides is 1. The van der Waals surface area contributed by atoms with E-state index in [-0.39, 0.29) is 18.3 Å². The fourth-order valence-corrected chi connectivity index (χ4v) is 4.24. The molecule has 3 aromatic rings. The molecule has 0 fully saturated rings. The molecule has 2 aromatic heterocycles. The number of rotatable bonds is 5. The molecular weight excluding hydrogens is 335 g/mol. The first-order valence-electron chi connectivity index (χ1n) is 6.98. The first kappa shape index (κ1) is 16.0. The van der Waals surface area contributed by atoms with Crippen LogP contribution in [0.2, 0.25) is 0 Å². The first-order valence-corrected chi connectivity index (χ1v) is 8.61. The van der Waals surface area contributed by atoms with E-state index >= 15 is 0 Å². The summed E-state index contributed by atoms with van der Waals surface area (Å²) < 4.78 is 20.0. The fraction of sp³-hybridized carbons (Fsp3) is 0.250. The van der Waals surface area contributed by atoms with Crippen LogP contribution >= 0.6 is 22.7 Å². The minimum atomic E-state index is -0.331. The molecule has 0 unspecified atom stereocenters. The summed E-state index contributed by atoms with van der Waals surface area (Å²) in [4.78, 5) is 18.1. The van der Waals surface area contributed by atoms with E-state index in [1.54, 1.807) is 12.3 Å². The second-order valence-corrected chi connectivity index (χ2v) is 7.36. The van der Waals surface area contributed by atoms with Gasteiger partial charge in [0.2, 0.25) is 0 Å². The summed E-state index contributed by atoms with van der Waals surface area (Å²) in [5.74, 6) is -0.549. The van der Waals surface area contributed by atoms with E-state index in [0.29, 0.717) is 22.4 Å². The number of fused-ring (bicyclic) bond motifs is 1. The Morgan fingerprint density at radius 3 is 2.91 bits per heavy atom. The zero-order valence-electron chi connectivity index (χ0n) is 12.7. The van der Waals surface area contributed by atoms with Gasteiger partial charge in [0.25, 0.3) is 5.91 Å². The van der Waals surface area contributed by atoms with Crippen LogP contribution in [-0.2, 0) is 17.9 Å². The number of nitrogens with zero attached hydrogens (tertiary/aromatic N) is 1. The molecular formula is C16H15FN2O2S2. The van der Waals surface area contributed by atoms with Crippen LogP contribution in [0.5, 0.6) is 0 Å². The molecule has 1 amide bonds. The smallest absolute Gasteiger partial charge is 0.262 e. The lowest BCUT2D eigenvalue weighted by molar-refractivity contribution is 0.0951. The van der Waals surface area contributed by atoms with Crippen molar-refractivity contribution in [3.63, 3.8) is 0 Å². The van der Waals surface area contributed by atoms with Gasteiger partial charge >= 0.3 is 0 Å². The van der Waals surface area contributed by atoms with Crippen LogP contribution in [0.4, 0.5) is 4.39 Å². The lowest BCUT2D eigenvalue weighted by Gasteiger charge is -2.05. The molecule has 0 bridgehead atoms. The summed E-state index contributed by atoms with van der Waals surface area (Å²) in [6.07, 6.45) is 1.75. The molecule has 1 N–H and O–H groups in total. The molecule has 0 saturated carbocycles. The van der Waals surface area contributed by atoms with Gasteiger partial charge in [-0.2, -0.15) is 0 Å². The van der Waals surface area contributed by atoms with E-state index in [2.05, 4.69) is 10.3 Å². The predicted octanol–water partition coefficient (Wildman–Crippen LogP) is 3.88. The van der Waals surface area contributed by atoms with Crippen LogP contribution in [0.15, 0.2) is 24.4 Å². The van der Waals surface area contributed by atoms with Gasteiger partial charge in [-0.25, -0.2) is 9.37 Å². The second kappa shape index (κ2) is 6.74. The van der Waals surface area contributed by atoms with Crippen molar-refractivity contribution in [1.82, 2.24) is 10.3 Å². The number of hydrogen-bond donors (Lipinski definition) is 1. The fourth-order valence-electron chi connectivity index (χ4n) is 2.37. The highest BCUT2D eigenvalue weighted by atomic mass is 32.1. The minimum Gasteiger partial charge on any atom is -0.380 e. The normalized spacial score (nSPS) is 11.1. The third-order valence-electron chi connectivity index (χ3n) is 3.35. The molecule has 1 aromatic carbocycles. The quantitative estimate of drug-likeness (QED) is 0.760. The molecule has 3 rings (SSSR count). The first-order chi connectivity index (χ1) is 11.1. The maximum atomic E-state index is 14.1. The largest absolute Gasteiger partial charge is 0.380 e. The van der Waals surface area contributed by atoms with E-state index in [9.17, 15) is 9.18 Å². The molecule has 0 saturated heterocycles. The van der Waals surface area contributed by atoms with Gasteiger partial charge < -0.3 is 10.1 Å². The number of carbonyl (C=O) groups excluding carboxylic acids is 1. The van der Waals surface area contributed by atoms with Gasteiger partial charge in [0.15, 0.2) is 0 Å². The van der Waals surface area contributed by atoms with Gasteiger partial charge in [-0.15, -0.1) is 22.7 Å². The highest BCUT2D eigenvalue weighted by Gasteiger charge is 2.20. The predicted molar refractivity (Wildman–Crippen MR) is 90.5 cm³/mol. The summed E-state index contributed by atoms with van der Waals surface area (Å²) >= 11 is 2.82. The average molecular weight is 350 g/mol. The summed E-state index contributed by atoms with van der Waals surface area (Å²) in [5, 5.41) is 4.30. The van der Waals surface area contributed by atoms with Crippen molar-refractivity contribution in [3.8, 4) is 0 Å². The lowest BCUT2D eigenvalue weighted by Crippen LogP contribution is -2.22. The molecule has 0 aliphatic carbocycles. The second-order valence-electron chi connectivity index (χ2n) is 4.98. The molecule has 0 aliphatic heterocycles. The Labute approximate surface area is 140 Å². The van der Waals surface area contributed by atoms with Gasteiger partial charge in [0, 0.05) is 33.8 Å². The molecule has 0 atom stereocenters. The summed E-state index contributed by atoms with van der Waals surface area (Å²) in [7, 11) is 1.53. The van der Waals surface area contributed by atoms with E-state index in [1.165, 1.54) is 35.8 Å². The number of halogens is 1. The molecule has 0 aliphatic rings. The number of aryl methyl sites for hydroxylation is 1. The highest BCUT2D eigenvalue weighted by Crippen LogP contribution is 2.33. The molecule has 4 nitrogen and oxygen atoms in total. The highest BCUT2D eigenvalue weighted by molar-refractivity contribution is 7.21. The number of carbonyl (C=O) groups is 1. The Balaban J connectivity index is 1.90. The van der Waals surface area contributed by atoms with Crippen molar-refractivity contribution in [1.29, 1.82) is 0 Å². The zero-order valence-corrected chi connectivity index (χ0v) is 14.3. The number of methoxy groups -OCH3 is 1. The Kier molecular flexibility index (Phi) is 4.70. The number of benzene rings is 1. The number of nitrogens with one attached hydrogen (secondary N) is 1. The van der Waals surface area contributed by atoms with Gasteiger partial charge in [0.05, 0.1) is 23.0 Å². The van der Waals surface area contributed by atoms with Crippen LogP contribution in [-0.4, -0.2) is 18.0 Å². The van der Waals surface area contributed by atoms with E-state index in [1.807, 2.05) is 13.0 Å². The topological polar surface area (TPSA) is 51.2 Å². The molecule has 120 valence electrons. The van der Waals surface area contributed by atoms with Crippen molar-refractivity contribution < 1.29 is 13.9 Å². The Morgan fingerprint density at radius 1 is 1.39 bits per heavy atom. The van der Waals surface area contributed by atoms with Gasteiger partial charge in [-0.3, -0.25) is 4.79 Å². The van der Waals surface area contributed by atoms with Crippen LogP contribution in [0.25, 0.3) is 10.1 Å². The number of hydrogen-bond acceptors (Lipinski definition) is 5. The Hall–Kier alpha value is -1.83. The van der Waals surface area contributed by atoms with Crippen LogP contribution in [0, 0.1) is 12.7 Å². The Morgan fingerprint density at radius 2 is 2.22 bits per heavy atom. The molecule has 7 heteroatoms. The van der Waals surface area contributed by atoms with Crippen LogP contribution < -0.4 is 5.32 Å². The van der Waals surface area contributed by atoms with Gasteiger partial charge in [-0.05, 0) is 19.1 Å². The van der Waals surface area contributed by atoms with E-state index in [4.69, 9.17) is 4.74 Å². The number of ether oxygens (including phenoxy) is 1. The third kappa shape index (κ3) is 3.26. The summed E-state index contributed by atoms with van der Waals surface area (Å²) in [5.41, 5.74) is 0.601. The average Bonchev–Trinajstić information content (AvgIpc) is 3.10. The molecule has 2 heterocycles. The monoisotopic (exact) mass is 350 g/mol. The standard InChI is InChI=1S/C16H15FN2O2S2/c1-9-18-6-10(22-9)7-19-16(20)15-11(8-21-2)14-12(17)4-3-5-13(14)23-15/h3-6H,7-8H2,1-2H3,(H,19,20).